The molecule has 0 bridgehead atoms. The predicted molar refractivity (Wildman–Crippen MR) is 84.5 cm³/mol. The van der Waals surface area contributed by atoms with E-state index in [1.54, 1.807) is 0 Å². The zero-order valence-corrected chi connectivity index (χ0v) is 13.7. The molecule has 0 aliphatic heterocycles. The van der Waals surface area contributed by atoms with Crippen LogP contribution in [0.5, 0.6) is 0 Å². The van der Waals surface area contributed by atoms with Crippen LogP contribution in [-0.4, -0.2) is 41.5 Å². The van der Waals surface area contributed by atoms with Crippen LogP contribution in [-0.2, 0) is 0 Å². The number of aliphatic hydroxyl groups is 1. The third-order valence-corrected chi connectivity index (χ3v) is 4.44. The van der Waals surface area contributed by atoms with Gasteiger partial charge in [-0.3, -0.25) is 0 Å². The van der Waals surface area contributed by atoms with E-state index in [9.17, 15) is 0 Å². The summed E-state index contributed by atoms with van der Waals surface area (Å²) in [5.74, 6) is 0.969. The minimum atomic E-state index is 0.290. The van der Waals surface area contributed by atoms with E-state index in [0.29, 0.717) is 18.1 Å². The van der Waals surface area contributed by atoms with Crippen molar-refractivity contribution in [3.05, 3.63) is 0 Å². The van der Waals surface area contributed by atoms with Crippen LogP contribution < -0.4 is 0 Å². The molecule has 110 valence electrons. The quantitative estimate of drug-likeness (QED) is 0.563. The van der Waals surface area contributed by atoms with E-state index in [2.05, 4.69) is 45.2 Å². The van der Waals surface area contributed by atoms with Crippen molar-refractivity contribution in [1.29, 1.82) is 0 Å². The van der Waals surface area contributed by atoms with Crippen LogP contribution in [0.2, 0.25) is 0 Å². The number of nitrogens with zero attached hydrogens (tertiary/aromatic N) is 1. The summed E-state index contributed by atoms with van der Waals surface area (Å²) in [5, 5.41) is 9.02. The molecule has 0 radical (unpaired) electrons. The summed E-state index contributed by atoms with van der Waals surface area (Å²) in [4.78, 5) is 2.51. The second-order valence-electron chi connectivity index (χ2n) is 5.80. The zero-order chi connectivity index (χ0) is 14.0. The average molecular weight is 276 g/mol. The van der Waals surface area contributed by atoms with Gasteiger partial charge in [-0.05, 0) is 44.3 Å². The van der Waals surface area contributed by atoms with Crippen LogP contribution in [0.4, 0.5) is 0 Å². The van der Waals surface area contributed by atoms with Gasteiger partial charge in [0.1, 0.15) is 0 Å². The topological polar surface area (TPSA) is 23.5 Å². The van der Waals surface area contributed by atoms with Crippen molar-refractivity contribution in [3.63, 3.8) is 0 Å². The maximum absolute atomic E-state index is 9.02. The number of hydrogen-bond acceptors (Lipinski definition) is 3. The first-order valence-corrected chi connectivity index (χ1v) is 8.14. The summed E-state index contributed by atoms with van der Waals surface area (Å²) in [6, 6.07) is 0.546. The molecule has 0 aromatic carbocycles. The van der Waals surface area contributed by atoms with Crippen molar-refractivity contribution in [2.45, 2.75) is 65.8 Å². The molecule has 0 aromatic heterocycles. The van der Waals surface area contributed by atoms with Gasteiger partial charge in [0.25, 0.3) is 0 Å². The molecule has 0 aromatic rings. The molecule has 0 saturated carbocycles. The fourth-order valence-corrected chi connectivity index (χ4v) is 3.19. The standard InChI is InChI=1S/C15H33NOS/c1-5-8-15(13-18,9-6-2)12-16(14(3)4)10-7-11-17/h14,17-18H,5-13H2,1-4H3. The Morgan fingerprint density at radius 1 is 1.17 bits per heavy atom. The molecular weight excluding hydrogens is 242 g/mol. The summed E-state index contributed by atoms with van der Waals surface area (Å²) in [6.07, 6.45) is 5.84. The number of thiol groups is 1. The number of hydrogen-bond donors (Lipinski definition) is 2. The Morgan fingerprint density at radius 2 is 1.72 bits per heavy atom. The van der Waals surface area contributed by atoms with Gasteiger partial charge in [-0.2, -0.15) is 12.6 Å². The third kappa shape index (κ3) is 6.44. The monoisotopic (exact) mass is 275 g/mol. The molecule has 0 saturated heterocycles. The molecule has 0 amide bonds. The highest BCUT2D eigenvalue weighted by Gasteiger charge is 2.30. The first kappa shape index (κ1) is 18.3. The van der Waals surface area contributed by atoms with Crippen LogP contribution in [0.15, 0.2) is 0 Å². The van der Waals surface area contributed by atoms with Gasteiger partial charge in [-0.15, -0.1) is 0 Å². The van der Waals surface area contributed by atoms with Crippen molar-refractivity contribution in [3.8, 4) is 0 Å². The van der Waals surface area contributed by atoms with Gasteiger partial charge < -0.3 is 10.0 Å². The van der Waals surface area contributed by atoms with E-state index in [1.807, 2.05) is 0 Å². The van der Waals surface area contributed by atoms with Gasteiger partial charge in [-0.25, -0.2) is 0 Å². The molecule has 0 spiro atoms. The van der Waals surface area contributed by atoms with Gasteiger partial charge >= 0.3 is 0 Å². The summed E-state index contributed by atoms with van der Waals surface area (Å²) >= 11 is 4.63. The first-order chi connectivity index (χ1) is 8.55. The number of aliphatic hydroxyl groups excluding tert-OH is 1. The molecule has 2 nitrogen and oxygen atoms in total. The molecule has 0 fully saturated rings. The number of rotatable bonds is 11. The summed E-state index contributed by atoms with van der Waals surface area (Å²) in [7, 11) is 0. The fraction of sp³-hybridized carbons (Fsp3) is 1.00. The average Bonchev–Trinajstić information content (AvgIpc) is 2.34. The van der Waals surface area contributed by atoms with Crippen LogP contribution >= 0.6 is 12.6 Å². The summed E-state index contributed by atoms with van der Waals surface area (Å²) in [5.41, 5.74) is 0.354. The van der Waals surface area contributed by atoms with Crippen molar-refractivity contribution in [2.75, 3.05) is 25.4 Å². The molecule has 0 heterocycles. The second kappa shape index (κ2) is 10.1. The highest BCUT2D eigenvalue weighted by molar-refractivity contribution is 7.80. The molecule has 3 heteroatoms. The second-order valence-corrected chi connectivity index (χ2v) is 6.12. The van der Waals surface area contributed by atoms with Gasteiger partial charge in [0.2, 0.25) is 0 Å². The van der Waals surface area contributed by atoms with Crippen LogP contribution in [0.1, 0.15) is 59.8 Å². The lowest BCUT2D eigenvalue weighted by molar-refractivity contribution is 0.111. The molecule has 0 aliphatic rings. The highest BCUT2D eigenvalue weighted by Crippen LogP contribution is 2.33. The third-order valence-electron chi connectivity index (χ3n) is 3.77. The van der Waals surface area contributed by atoms with Gasteiger partial charge in [0, 0.05) is 25.7 Å². The van der Waals surface area contributed by atoms with Crippen LogP contribution in [0.25, 0.3) is 0 Å². The minimum absolute atomic E-state index is 0.290. The smallest absolute Gasteiger partial charge is 0.0443 e. The molecule has 1 N–H and O–H groups in total. The Balaban J connectivity index is 4.66. The Bertz CT molecular complexity index is 191. The van der Waals surface area contributed by atoms with E-state index in [1.165, 1.54) is 25.7 Å². The van der Waals surface area contributed by atoms with Gasteiger partial charge in [-0.1, -0.05) is 26.7 Å². The van der Waals surface area contributed by atoms with E-state index in [4.69, 9.17) is 5.11 Å². The van der Waals surface area contributed by atoms with E-state index in [-0.39, 0.29) is 0 Å². The molecule has 0 rings (SSSR count). The normalized spacial score (nSPS) is 12.7. The fourth-order valence-electron chi connectivity index (χ4n) is 2.78. The lowest BCUT2D eigenvalue weighted by Gasteiger charge is -2.39. The Hall–Kier alpha value is 0.270. The SMILES string of the molecule is CCCC(CS)(CCC)CN(CCCO)C(C)C. The Morgan fingerprint density at radius 3 is 2.06 bits per heavy atom. The predicted octanol–water partition coefficient (Wildman–Crippen LogP) is 3.60. The Kier molecular flexibility index (Phi) is 10.3. The van der Waals surface area contributed by atoms with E-state index >= 15 is 0 Å². The minimum Gasteiger partial charge on any atom is -0.396 e. The molecule has 18 heavy (non-hydrogen) atoms. The lowest BCUT2D eigenvalue weighted by Crippen LogP contribution is -2.43. The van der Waals surface area contributed by atoms with Crippen LogP contribution in [0, 0.1) is 5.41 Å². The van der Waals surface area contributed by atoms with Crippen molar-refractivity contribution < 1.29 is 5.11 Å². The maximum Gasteiger partial charge on any atom is 0.0443 e. The van der Waals surface area contributed by atoms with Gasteiger partial charge in [0.05, 0.1) is 0 Å². The lowest BCUT2D eigenvalue weighted by atomic mass is 9.80. The maximum atomic E-state index is 9.02. The van der Waals surface area contributed by atoms with E-state index < -0.39 is 0 Å². The summed E-state index contributed by atoms with van der Waals surface area (Å²) < 4.78 is 0. The highest BCUT2D eigenvalue weighted by atomic mass is 32.1. The molecule has 0 unspecified atom stereocenters. The molecule has 0 atom stereocenters. The van der Waals surface area contributed by atoms with Crippen LogP contribution in [0.3, 0.4) is 0 Å². The van der Waals surface area contributed by atoms with E-state index in [0.717, 1.165) is 25.3 Å². The van der Waals surface area contributed by atoms with Crippen molar-refractivity contribution in [2.24, 2.45) is 5.41 Å². The molecule has 0 aliphatic carbocycles. The van der Waals surface area contributed by atoms with Gasteiger partial charge in [0.15, 0.2) is 0 Å². The first-order valence-electron chi connectivity index (χ1n) is 7.51. The summed E-state index contributed by atoms with van der Waals surface area (Å²) in [6.45, 7) is 11.4. The van der Waals surface area contributed by atoms with Crippen molar-refractivity contribution >= 4 is 12.6 Å². The Labute approximate surface area is 120 Å². The molecular formula is C15H33NOS. The largest absolute Gasteiger partial charge is 0.396 e. The zero-order valence-electron chi connectivity index (χ0n) is 12.8. The van der Waals surface area contributed by atoms with Crippen molar-refractivity contribution in [1.82, 2.24) is 4.90 Å².